The topological polar surface area (TPSA) is 158 Å². The fraction of sp³-hybridized carbons (Fsp3) is 0.853. The van der Waals surface area contributed by atoms with Gasteiger partial charge in [-0.05, 0) is 53.7 Å². The molecular weight excluding hydrogens is 743 g/mol. The predicted octanol–water partition coefficient (Wildman–Crippen LogP) is 10.6. The zero-order chi connectivity index (χ0) is 35.7. The standard InChI is InChI=1S/C34H57NO8S6/c36-27(19-15-13-11-9-7-5-3-1-2-4-6-8-10-12-14-16-21-30(38)39)25-26(31(40)41)22-23-29(37)35-24-18-17-20-28(32(42)43)33-44-46-34(47-45-33)48-49-34/h26,28,33H,1-25H2,(H,35,37)(H,38,39)(H,40,41)(H,42,43)/t26-,28+/m1/s1. The second-order valence-electron chi connectivity index (χ2n) is 13.1. The van der Waals surface area contributed by atoms with E-state index in [1.165, 1.54) is 64.2 Å². The molecule has 2 heterocycles. The van der Waals surface area contributed by atoms with Crippen molar-refractivity contribution in [3.63, 3.8) is 0 Å². The number of hydrogen-bond donors (Lipinski definition) is 4. The van der Waals surface area contributed by atoms with E-state index in [4.69, 9.17) is 5.11 Å². The Morgan fingerprint density at radius 2 is 1.04 bits per heavy atom. The third-order valence-corrected chi connectivity index (χ3v) is 22.6. The van der Waals surface area contributed by atoms with Gasteiger partial charge in [-0.1, -0.05) is 139 Å². The number of hydrogen-bond acceptors (Lipinski definition) is 11. The van der Waals surface area contributed by atoms with E-state index in [-0.39, 0.29) is 38.3 Å². The number of unbranched alkanes of at least 4 members (excludes halogenated alkanes) is 16. The zero-order valence-corrected chi connectivity index (χ0v) is 33.6. The van der Waals surface area contributed by atoms with Crippen LogP contribution in [0.4, 0.5) is 0 Å². The number of amides is 1. The normalized spacial score (nSPS) is 16.7. The molecule has 1 spiro atoms. The lowest BCUT2D eigenvalue weighted by Gasteiger charge is -2.27. The molecular formula is C34H57NO8S6. The van der Waals surface area contributed by atoms with Gasteiger partial charge in [0.25, 0.3) is 0 Å². The van der Waals surface area contributed by atoms with Crippen LogP contribution in [0.25, 0.3) is 0 Å². The minimum atomic E-state index is -1.04. The fourth-order valence-corrected chi connectivity index (χ4v) is 19.5. The molecule has 0 aliphatic carbocycles. The Labute approximate surface area is 316 Å². The molecule has 1 amide bonds. The molecule has 282 valence electrons. The van der Waals surface area contributed by atoms with E-state index in [1.54, 1.807) is 43.2 Å². The highest BCUT2D eigenvalue weighted by atomic mass is 33.2. The molecule has 2 aliphatic rings. The molecule has 49 heavy (non-hydrogen) atoms. The van der Waals surface area contributed by atoms with Crippen LogP contribution in [0.3, 0.4) is 0 Å². The van der Waals surface area contributed by atoms with Gasteiger partial charge in [0, 0.05) is 32.2 Å². The van der Waals surface area contributed by atoms with E-state index >= 15 is 0 Å². The Balaban J connectivity index is 1.40. The average Bonchev–Trinajstić information content (AvgIpc) is 3.82. The molecule has 9 nitrogen and oxygen atoms in total. The number of carboxylic acids is 3. The van der Waals surface area contributed by atoms with Gasteiger partial charge < -0.3 is 20.6 Å². The van der Waals surface area contributed by atoms with Crippen LogP contribution >= 0.6 is 64.8 Å². The van der Waals surface area contributed by atoms with Crippen LogP contribution in [0.2, 0.25) is 0 Å². The number of carbonyl (C=O) groups is 5. The van der Waals surface area contributed by atoms with Crippen molar-refractivity contribution in [2.45, 2.75) is 161 Å². The van der Waals surface area contributed by atoms with Crippen molar-refractivity contribution in [3.8, 4) is 0 Å². The highest BCUT2D eigenvalue weighted by Crippen LogP contribution is 2.84. The Morgan fingerprint density at radius 3 is 1.49 bits per heavy atom. The number of carbonyl (C=O) groups excluding carboxylic acids is 2. The summed E-state index contributed by atoms with van der Waals surface area (Å²) in [5.41, 5.74) is 0. The first kappa shape index (κ1) is 44.8. The van der Waals surface area contributed by atoms with E-state index in [0.29, 0.717) is 38.6 Å². The minimum absolute atomic E-state index is 0.000736. The molecule has 0 aromatic rings. The summed E-state index contributed by atoms with van der Waals surface area (Å²) in [5, 5.41) is 30.8. The number of rotatable bonds is 32. The van der Waals surface area contributed by atoms with E-state index < -0.39 is 29.7 Å². The van der Waals surface area contributed by atoms with Crippen molar-refractivity contribution >= 4 is 94.4 Å². The average molecular weight is 800 g/mol. The monoisotopic (exact) mass is 799 g/mol. The van der Waals surface area contributed by atoms with E-state index in [2.05, 4.69) is 5.32 Å². The molecule has 0 radical (unpaired) electrons. The van der Waals surface area contributed by atoms with Gasteiger partial charge in [0.15, 0.2) is 2.74 Å². The maximum absolute atomic E-state index is 12.4. The Hall–Kier alpha value is -0.350. The largest absolute Gasteiger partial charge is 0.481 e. The summed E-state index contributed by atoms with van der Waals surface area (Å²) in [7, 11) is 10.4. The number of ketones is 1. The Morgan fingerprint density at radius 1 is 0.551 bits per heavy atom. The van der Waals surface area contributed by atoms with Gasteiger partial charge in [-0.15, -0.1) is 0 Å². The van der Waals surface area contributed by atoms with Gasteiger partial charge in [0.2, 0.25) is 5.91 Å². The van der Waals surface area contributed by atoms with Crippen molar-refractivity contribution < 1.29 is 39.3 Å². The van der Waals surface area contributed by atoms with Gasteiger partial charge in [-0.2, -0.15) is 0 Å². The summed E-state index contributed by atoms with van der Waals surface area (Å²) in [4.78, 5) is 58.8. The lowest BCUT2D eigenvalue weighted by Crippen LogP contribution is -2.27. The summed E-state index contributed by atoms with van der Waals surface area (Å²) in [5.74, 6) is -4.08. The molecule has 15 heteroatoms. The lowest BCUT2D eigenvalue weighted by molar-refractivity contribution is -0.144. The van der Waals surface area contributed by atoms with Crippen LogP contribution in [-0.4, -0.2) is 58.8 Å². The SMILES string of the molecule is O=C(O)CCCCCCCCCCCCCCCCCCC(=O)C[C@@H](CCC(=O)NCCCC[C@@H](C(=O)O)C1SSC2(SS1)SS2)C(=O)O. The lowest BCUT2D eigenvalue weighted by atomic mass is 9.94. The molecule has 0 aromatic heterocycles. The number of aliphatic carboxylic acids is 3. The number of nitrogens with one attached hydrogen (secondary N) is 1. The first-order valence-electron chi connectivity index (χ1n) is 18.1. The van der Waals surface area contributed by atoms with E-state index in [0.717, 1.165) is 38.5 Å². The quantitative estimate of drug-likeness (QED) is 0.0289. The van der Waals surface area contributed by atoms with Gasteiger partial charge in [-0.25, -0.2) is 0 Å². The number of Topliss-reactive ketones (excluding diaryl/α,β-unsaturated/α-hetero) is 1. The highest BCUT2D eigenvalue weighted by molar-refractivity contribution is 9.14. The van der Waals surface area contributed by atoms with Crippen LogP contribution in [0.5, 0.6) is 0 Å². The second kappa shape index (κ2) is 27.3. The summed E-state index contributed by atoms with van der Waals surface area (Å²) >= 11 is 0. The molecule has 2 aliphatic heterocycles. The molecule has 0 bridgehead atoms. The third-order valence-electron chi connectivity index (χ3n) is 8.76. The maximum atomic E-state index is 12.4. The Kier molecular flexibility index (Phi) is 25.0. The first-order chi connectivity index (χ1) is 23.6. The van der Waals surface area contributed by atoms with Gasteiger partial charge in [-0.3, -0.25) is 24.0 Å². The summed E-state index contributed by atoms with van der Waals surface area (Å²) < 4.78 is 0.142. The van der Waals surface area contributed by atoms with Crippen molar-refractivity contribution in [2.24, 2.45) is 11.8 Å². The molecule has 2 fully saturated rings. The smallest absolute Gasteiger partial charge is 0.308 e. The fourth-order valence-electron chi connectivity index (χ4n) is 5.72. The van der Waals surface area contributed by atoms with Crippen LogP contribution in [0, 0.1) is 11.8 Å². The zero-order valence-electron chi connectivity index (χ0n) is 28.7. The van der Waals surface area contributed by atoms with Gasteiger partial charge in [0.05, 0.1) is 16.4 Å². The summed E-state index contributed by atoms with van der Waals surface area (Å²) in [6.07, 6.45) is 21.1. The van der Waals surface area contributed by atoms with Crippen molar-refractivity contribution in [2.75, 3.05) is 6.54 Å². The van der Waals surface area contributed by atoms with Crippen LogP contribution in [-0.2, 0) is 24.0 Å². The highest BCUT2D eigenvalue weighted by Gasteiger charge is 2.53. The van der Waals surface area contributed by atoms with E-state index in [9.17, 15) is 34.2 Å². The van der Waals surface area contributed by atoms with Gasteiger partial charge >= 0.3 is 17.9 Å². The molecule has 2 saturated heterocycles. The minimum Gasteiger partial charge on any atom is -0.481 e. The molecule has 2 rings (SSSR count). The molecule has 0 unspecified atom stereocenters. The van der Waals surface area contributed by atoms with Crippen molar-refractivity contribution in [1.82, 2.24) is 5.32 Å². The van der Waals surface area contributed by atoms with Crippen LogP contribution < -0.4 is 5.32 Å². The van der Waals surface area contributed by atoms with Crippen molar-refractivity contribution in [3.05, 3.63) is 0 Å². The predicted molar refractivity (Wildman–Crippen MR) is 211 cm³/mol. The van der Waals surface area contributed by atoms with Crippen LogP contribution in [0.1, 0.15) is 154 Å². The third kappa shape index (κ3) is 22.4. The number of carboxylic acid groups (broad SMARTS) is 3. The molecule has 0 aromatic carbocycles. The molecule has 4 N–H and O–H groups in total. The molecule has 2 atom stereocenters. The first-order valence-corrected chi connectivity index (χ1v) is 24.7. The van der Waals surface area contributed by atoms with Crippen LogP contribution in [0.15, 0.2) is 0 Å². The summed E-state index contributed by atoms with van der Waals surface area (Å²) in [6.45, 7) is 0.424. The van der Waals surface area contributed by atoms with Gasteiger partial charge in [0.1, 0.15) is 5.78 Å². The molecule has 0 saturated carbocycles. The summed E-state index contributed by atoms with van der Waals surface area (Å²) in [6, 6.07) is 0. The van der Waals surface area contributed by atoms with E-state index in [1.807, 2.05) is 21.6 Å². The Bertz CT molecular complexity index is 992. The van der Waals surface area contributed by atoms with Crippen molar-refractivity contribution in [1.29, 1.82) is 0 Å². The second-order valence-corrected chi connectivity index (χ2v) is 22.6. The maximum Gasteiger partial charge on any atom is 0.308 e.